The van der Waals surface area contributed by atoms with E-state index in [0.717, 1.165) is 11.3 Å². The lowest BCUT2D eigenvalue weighted by molar-refractivity contribution is -0.116. The summed E-state index contributed by atoms with van der Waals surface area (Å²) >= 11 is 0. The largest absolute Gasteiger partial charge is 0.398 e. The average Bonchev–Trinajstić information content (AvgIpc) is 2.40. The number of carbonyl (C=O) groups is 1. The Balaban J connectivity index is 2.29. The second kappa shape index (κ2) is 6.06. The summed E-state index contributed by atoms with van der Waals surface area (Å²) in [6.07, 6.45) is 0. The molecule has 1 aromatic carbocycles. The van der Waals surface area contributed by atoms with Gasteiger partial charge in [0.1, 0.15) is 5.82 Å². The molecule has 2 rings (SSSR count). The normalized spacial score (nSPS) is 10.2. The molecule has 4 N–H and O–H groups in total. The van der Waals surface area contributed by atoms with Crippen LogP contribution in [0.5, 0.6) is 0 Å². The summed E-state index contributed by atoms with van der Waals surface area (Å²) in [5.74, 6) is 0.315. The molecule has 0 aliphatic heterocycles. The number of aromatic nitrogens is 1. The van der Waals surface area contributed by atoms with Crippen molar-refractivity contribution in [3.8, 4) is 0 Å². The standard InChI is InChI=1S/C15H18N4O/c1-11-5-4-8-15(18-11)19(10-14(17)20)9-12-6-2-3-7-13(12)16/h2-8H,9-10,16H2,1H3,(H2,17,20). The number of anilines is 2. The van der Waals surface area contributed by atoms with Crippen molar-refractivity contribution in [2.45, 2.75) is 13.5 Å². The first kappa shape index (κ1) is 13.9. The van der Waals surface area contributed by atoms with Crippen LogP contribution in [0.15, 0.2) is 42.5 Å². The number of aryl methyl sites for hydroxylation is 1. The number of benzene rings is 1. The van der Waals surface area contributed by atoms with Gasteiger partial charge in [-0.05, 0) is 30.7 Å². The second-order valence-corrected chi connectivity index (χ2v) is 4.66. The molecule has 0 spiro atoms. The molecule has 0 radical (unpaired) electrons. The molecule has 0 unspecified atom stereocenters. The minimum atomic E-state index is -0.400. The molecule has 0 saturated carbocycles. The Morgan fingerprint density at radius 1 is 1.20 bits per heavy atom. The molecule has 5 nitrogen and oxygen atoms in total. The number of hydrogen-bond donors (Lipinski definition) is 2. The quantitative estimate of drug-likeness (QED) is 0.805. The third kappa shape index (κ3) is 3.47. The van der Waals surface area contributed by atoms with Gasteiger partial charge in [-0.25, -0.2) is 4.98 Å². The van der Waals surface area contributed by atoms with Crippen molar-refractivity contribution in [3.63, 3.8) is 0 Å². The Kier molecular flexibility index (Phi) is 4.20. The number of para-hydroxylation sites is 1. The van der Waals surface area contributed by atoms with E-state index in [0.29, 0.717) is 18.1 Å². The first-order chi connectivity index (χ1) is 9.56. The summed E-state index contributed by atoms with van der Waals surface area (Å²) in [5, 5.41) is 0. The average molecular weight is 270 g/mol. The van der Waals surface area contributed by atoms with Crippen LogP contribution in [0, 0.1) is 6.92 Å². The van der Waals surface area contributed by atoms with Gasteiger partial charge in [0.15, 0.2) is 0 Å². The maximum atomic E-state index is 11.3. The summed E-state index contributed by atoms with van der Waals surface area (Å²) in [7, 11) is 0. The summed E-state index contributed by atoms with van der Waals surface area (Å²) in [6.45, 7) is 2.50. The Morgan fingerprint density at radius 2 is 1.95 bits per heavy atom. The molecule has 0 fully saturated rings. The van der Waals surface area contributed by atoms with Crippen LogP contribution in [-0.2, 0) is 11.3 Å². The lowest BCUT2D eigenvalue weighted by Crippen LogP contribution is -2.34. The minimum absolute atomic E-state index is 0.102. The van der Waals surface area contributed by atoms with E-state index in [1.54, 1.807) is 0 Å². The first-order valence-electron chi connectivity index (χ1n) is 6.36. The molecule has 0 bridgehead atoms. The van der Waals surface area contributed by atoms with Crippen LogP contribution in [0.25, 0.3) is 0 Å². The zero-order valence-electron chi connectivity index (χ0n) is 11.4. The molecule has 104 valence electrons. The van der Waals surface area contributed by atoms with Crippen LogP contribution in [0.2, 0.25) is 0 Å². The molecule has 0 aliphatic rings. The smallest absolute Gasteiger partial charge is 0.237 e. The van der Waals surface area contributed by atoms with Crippen molar-refractivity contribution in [2.75, 3.05) is 17.2 Å². The van der Waals surface area contributed by atoms with Crippen LogP contribution in [-0.4, -0.2) is 17.4 Å². The number of nitrogens with zero attached hydrogens (tertiary/aromatic N) is 2. The Morgan fingerprint density at radius 3 is 2.60 bits per heavy atom. The second-order valence-electron chi connectivity index (χ2n) is 4.66. The summed E-state index contributed by atoms with van der Waals surface area (Å²) in [6, 6.07) is 13.2. The number of rotatable bonds is 5. The fraction of sp³-hybridized carbons (Fsp3) is 0.200. The number of primary amides is 1. The molecule has 1 heterocycles. The van der Waals surface area contributed by atoms with Crippen molar-refractivity contribution in [1.82, 2.24) is 4.98 Å². The van der Waals surface area contributed by atoms with Crippen molar-refractivity contribution in [1.29, 1.82) is 0 Å². The minimum Gasteiger partial charge on any atom is -0.398 e. The number of nitrogen functional groups attached to an aromatic ring is 1. The van der Waals surface area contributed by atoms with Crippen LogP contribution >= 0.6 is 0 Å². The van der Waals surface area contributed by atoms with Crippen molar-refractivity contribution >= 4 is 17.4 Å². The molecule has 0 saturated heterocycles. The Hall–Kier alpha value is -2.56. The zero-order valence-corrected chi connectivity index (χ0v) is 11.4. The SMILES string of the molecule is Cc1cccc(N(CC(N)=O)Cc2ccccc2N)n1. The number of hydrogen-bond acceptors (Lipinski definition) is 4. The van der Waals surface area contributed by atoms with E-state index in [9.17, 15) is 4.79 Å². The predicted octanol–water partition coefficient (Wildman–Crippen LogP) is 1.46. The van der Waals surface area contributed by atoms with Gasteiger partial charge in [0, 0.05) is 17.9 Å². The monoisotopic (exact) mass is 270 g/mol. The van der Waals surface area contributed by atoms with E-state index < -0.39 is 5.91 Å². The van der Waals surface area contributed by atoms with Gasteiger partial charge in [-0.15, -0.1) is 0 Å². The number of nitrogens with two attached hydrogens (primary N) is 2. The highest BCUT2D eigenvalue weighted by molar-refractivity contribution is 5.79. The maximum absolute atomic E-state index is 11.3. The van der Waals surface area contributed by atoms with Crippen LogP contribution in [0.4, 0.5) is 11.5 Å². The highest BCUT2D eigenvalue weighted by atomic mass is 16.1. The molecule has 1 aromatic heterocycles. The molecule has 2 aromatic rings. The Labute approximate surface area is 118 Å². The van der Waals surface area contributed by atoms with Crippen LogP contribution < -0.4 is 16.4 Å². The molecule has 0 aliphatic carbocycles. The van der Waals surface area contributed by atoms with Gasteiger partial charge in [-0.2, -0.15) is 0 Å². The van der Waals surface area contributed by atoms with Gasteiger partial charge < -0.3 is 16.4 Å². The van der Waals surface area contributed by atoms with Gasteiger partial charge >= 0.3 is 0 Å². The van der Waals surface area contributed by atoms with E-state index >= 15 is 0 Å². The highest BCUT2D eigenvalue weighted by Crippen LogP contribution is 2.18. The van der Waals surface area contributed by atoms with Crippen LogP contribution in [0.3, 0.4) is 0 Å². The summed E-state index contributed by atoms with van der Waals surface area (Å²) in [4.78, 5) is 17.5. The highest BCUT2D eigenvalue weighted by Gasteiger charge is 2.13. The molecule has 20 heavy (non-hydrogen) atoms. The number of amides is 1. The lowest BCUT2D eigenvalue weighted by Gasteiger charge is -2.23. The molecular formula is C15H18N4O. The topological polar surface area (TPSA) is 85.2 Å². The van der Waals surface area contributed by atoms with Crippen molar-refractivity contribution < 1.29 is 4.79 Å². The summed E-state index contributed by atoms with van der Waals surface area (Å²) in [5.41, 5.74) is 13.8. The van der Waals surface area contributed by atoms with E-state index in [1.165, 1.54) is 0 Å². The number of carbonyl (C=O) groups excluding carboxylic acids is 1. The summed E-state index contributed by atoms with van der Waals surface area (Å²) < 4.78 is 0. The van der Waals surface area contributed by atoms with Gasteiger partial charge in [0.25, 0.3) is 0 Å². The maximum Gasteiger partial charge on any atom is 0.237 e. The lowest BCUT2D eigenvalue weighted by atomic mass is 10.1. The zero-order chi connectivity index (χ0) is 14.5. The number of pyridine rings is 1. The van der Waals surface area contributed by atoms with Gasteiger partial charge in [-0.1, -0.05) is 24.3 Å². The fourth-order valence-electron chi connectivity index (χ4n) is 1.99. The van der Waals surface area contributed by atoms with Gasteiger partial charge in [0.05, 0.1) is 6.54 Å². The van der Waals surface area contributed by atoms with Crippen LogP contribution in [0.1, 0.15) is 11.3 Å². The molecular weight excluding hydrogens is 252 g/mol. The Bertz CT molecular complexity index is 612. The van der Waals surface area contributed by atoms with E-state index in [-0.39, 0.29) is 6.54 Å². The predicted molar refractivity (Wildman–Crippen MR) is 80.1 cm³/mol. The van der Waals surface area contributed by atoms with Crippen molar-refractivity contribution in [2.24, 2.45) is 5.73 Å². The first-order valence-corrected chi connectivity index (χ1v) is 6.36. The van der Waals surface area contributed by atoms with E-state index in [2.05, 4.69) is 4.98 Å². The molecule has 0 atom stereocenters. The fourth-order valence-corrected chi connectivity index (χ4v) is 1.99. The third-order valence-corrected chi connectivity index (χ3v) is 2.96. The molecule has 1 amide bonds. The van der Waals surface area contributed by atoms with Gasteiger partial charge in [0.2, 0.25) is 5.91 Å². The van der Waals surface area contributed by atoms with E-state index in [4.69, 9.17) is 11.5 Å². The van der Waals surface area contributed by atoms with Gasteiger partial charge in [-0.3, -0.25) is 4.79 Å². The molecule has 5 heteroatoms. The third-order valence-electron chi connectivity index (χ3n) is 2.96. The van der Waals surface area contributed by atoms with Crippen molar-refractivity contribution in [3.05, 3.63) is 53.7 Å². The van der Waals surface area contributed by atoms with E-state index in [1.807, 2.05) is 54.3 Å².